The first-order valence-corrected chi connectivity index (χ1v) is 10.1. The van der Waals surface area contributed by atoms with E-state index in [1.807, 2.05) is 11.3 Å². The van der Waals surface area contributed by atoms with Crippen LogP contribution in [0.1, 0.15) is 36.2 Å². The second kappa shape index (κ2) is 8.60. The van der Waals surface area contributed by atoms with Gasteiger partial charge in [-0.2, -0.15) is 0 Å². The fourth-order valence-electron chi connectivity index (χ4n) is 3.31. The van der Waals surface area contributed by atoms with Crippen LogP contribution in [0.15, 0.2) is 41.8 Å². The molecule has 1 atom stereocenters. The van der Waals surface area contributed by atoms with Gasteiger partial charge in [0.25, 0.3) is 0 Å². The fraction of sp³-hybridized carbons (Fsp3) is 0.421. The summed E-state index contributed by atoms with van der Waals surface area (Å²) in [6, 6.07) is 13.4. The van der Waals surface area contributed by atoms with Crippen LogP contribution in [0.4, 0.5) is 5.69 Å². The Labute approximate surface area is 154 Å². The Balaban J connectivity index is 1.56. The van der Waals surface area contributed by atoms with E-state index in [1.54, 1.807) is 4.90 Å². The van der Waals surface area contributed by atoms with E-state index in [4.69, 9.17) is 12.2 Å². The standard InChI is InChI=1S/C19H25N3S2/c1-2-15-7-9-16(10-8-15)21-19(23)20-14-17(18-6-5-13-24-18)22-11-3-4-12-22/h5-10,13,17H,2-4,11-12,14H2,1H3,(H2,20,21,23)/p+1/t17-/m0/s1. The highest BCUT2D eigenvalue weighted by molar-refractivity contribution is 7.80. The lowest BCUT2D eigenvalue weighted by molar-refractivity contribution is -0.918. The van der Waals surface area contributed by atoms with Crippen LogP contribution in [0.2, 0.25) is 0 Å². The van der Waals surface area contributed by atoms with Gasteiger partial charge in [-0.1, -0.05) is 25.1 Å². The SMILES string of the molecule is CCc1ccc(NC(=S)NC[C@@H](c2cccs2)[NH+]2CCCC2)cc1. The Hall–Kier alpha value is -1.43. The molecule has 1 aromatic heterocycles. The summed E-state index contributed by atoms with van der Waals surface area (Å²) >= 11 is 7.34. The van der Waals surface area contributed by atoms with Crippen molar-refractivity contribution in [3.8, 4) is 0 Å². The second-order valence-electron chi connectivity index (χ2n) is 6.32. The van der Waals surface area contributed by atoms with E-state index in [9.17, 15) is 0 Å². The van der Waals surface area contributed by atoms with Crippen LogP contribution in [0.5, 0.6) is 0 Å². The largest absolute Gasteiger partial charge is 0.356 e. The first-order valence-electron chi connectivity index (χ1n) is 8.78. The molecular formula is C19H26N3S2+. The van der Waals surface area contributed by atoms with E-state index in [1.165, 1.54) is 36.4 Å². The van der Waals surface area contributed by atoms with Gasteiger partial charge in [0.1, 0.15) is 6.04 Å². The highest BCUT2D eigenvalue weighted by Gasteiger charge is 2.28. The molecule has 2 aromatic rings. The van der Waals surface area contributed by atoms with Gasteiger partial charge in [-0.3, -0.25) is 0 Å². The normalized spacial score (nSPS) is 16.0. The minimum atomic E-state index is 0.495. The molecule has 24 heavy (non-hydrogen) atoms. The Kier molecular flexibility index (Phi) is 6.24. The fourth-order valence-corrected chi connectivity index (χ4v) is 4.39. The van der Waals surface area contributed by atoms with Gasteiger partial charge in [-0.25, -0.2) is 0 Å². The molecule has 1 saturated heterocycles. The molecule has 128 valence electrons. The molecule has 1 aromatic carbocycles. The van der Waals surface area contributed by atoms with Crippen LogP contribution in [0.25, 0.3) is 0 Å². The lowest BCUT2D eigenvalue weighted by Gasteiger charge is -2.24. The molecule has 0 radical (unpaired) electrons. The van der Waals surface area contributed by atoms with Crippen molar-refractivity contribution in [3.05, 3.63) is 52.2 Å². The van der Waals surface area contributed by atoms with Gasteiger partial charge in [0.2, 0.25) is 0 Å². The van der Waals surface area contributed by atoms with E-state index in [2.05, 4.69) is 59.3 Å². The highest BCUT2D eigenvalue weighted by Crippen LogP contribution is 2.17. The number of thiocarbonyl (C=S) groups is 1. The molecule has 0 aliphatic carbocycles. The molecule has 5 heteroatoms. The number of thiophene rings is 1. The molecule has 1 aliphatic rings. The number of likely N-dealkylation sites (tertiary alicyclic amines) is 1. The van der Waals surface area contributed by atoms with Crippen LogP contribution < -0.4 is 15.5 Å². The predicted octanol–water partition coefficient (Wildman–Crippen LogP) is 3.02. The van der Waals surface area contributed by atoms with Gasteiger partial charge in [-0.15, -0.1) is 11.3 Å². The molecule has 3 nitrogen and oxygen atoms in total. The van der Waals surface area contributed by atoms with Crippen LogP contribution in [-0.4, -0.2) is 24.7 Å². The molecule has 0 amide bonds. The van der Waals surface area contributed by atoms with Gasteiger partial charge >= 0.3 is 0 Å². The quantitative estimate of drug-likeness (QED) is 0.692. The summed E-state index contributed by atoms with van der Waals surface area (Å²) in [5.41, 5.74) is 2.39. The minimum absolute atomic E-state index is 0.495. The van der Waals surface area contributed by atoms with E-state index in [0.717, 1.165) is 18.7 Å². The summed E-state index contributed by atoms with van der Waals surface area (Å²) in [7, 11) is 0. The Morgan fingerprint density at radius 3 is 2.58 bits per heavy atom. The van der Waals surface area contributed by atoms with Crippen LogP contribution in [0.3, 0.4) is 0 Å². The molecule has 0 spiro atoms. The second-order valence-corrected chi connectivity index (χ2v) is 7.71. The Morgan fingerprint density at radius 1 is 1.21 bits per heavy atom. The topological polar surface area (TPSA) is 28.5 Å². The molecule has 2 heterocycles. The molecule has 0 unspecified atom stereocenters. The molecule has 3 N–H and O–H groups in total. The number of benzene rings is 1. The van der Waals surface area contributed by atoms with Gasteiger partial charge in [0.05, 0.1) is 24.5 Å². The third-order valence-electron chi connectivity index (χ3n) is 4.71. The number of hydrogen-bond donors (Lipinski definition) is 3. The number of quaternary nitrogens is 1. The van der Waals surface area contributed by atoms with Gasteiger partial charge in [0.15, 0.2) is 5.11 Å². The number of aryl methyl sites for hydroxylation is 1. The molecule has 1 aliphatic heterocycles. The van der Waals surface area contributed by atoms with Crippen molar-refractivity contribution in [1.82, 2.24) is 5.32 Å². The minimum Gasteiger partial charge on any atom is -0.356 e. The van der Waals surface area contributed by atoms with Crippen molar-refractivity contribution in [3.63, 3.8) is 0 Å². The zero-order chi connectivity index (χ0) is 16.8. The number of hydrogen-bond acceptors (Lipinski definition) is 2. The highest BCUT2D eigenvalue weighted by atomic mass is 32.1. The summed E-state index contributed by atoms with van der Waals surface area (Å²) in [6.07, 6.45) is 3.73. The lowest BCUT2D eigenvalue weighted by atomic mass is 10.1. The molecular weight excluding hydrogens is 334 g/mol. The number of anilines is 1. The molecule has 3 rings (SSSR count). The van der Waals surface area contributed by atoms with E-state index in [-0.39, 0.29) is 0 Å². The maximum absolute atomic E-state index is 5.49. The van der Waals surface area contributed by atoms with Crippen molar-refractivity contribution in [2.45, 2.75) is 32.2 Å². The average molecular weight is 361 g/mol. The smallest absolute Gasteiger partial charge is 0.171 e. The van der Waals surface area contributed by atoms with Gasteiger partial charge in [0, 0.05) is 18.5 Å². The Bertz CT molecular complexity index is 631. The summed E-state index contributed by atoms with van der Waals surface area (Å²) in [5, 5.41) is 9.61. The third-order valence-corrected chi connectivity index (χ3v) is 5.94. The zero-order valence-corrected chi connectivity index (χ0v) is 15.8. The maximum atomic E-state index is 5.49. The van der Waals surface area contributed by atoms with Crippen LogP contribution >= 0.6 is 23.6 Å². The van der Waals surface area contributed by atoms with Crippen molar-refractivity contribution in [2.75, 3.05) is 25.0 Å². The van der Waals surface area contributed by atoms with E-state index in [0.29, 0.717) is 11.2 Å². The maximum Gasteiger partial charge on any atom is 0.171 e. The monoisotopic (exact) mass is 360 g/mol. The lowest BCUT2D eigenvalue weighted by Crippen LogP contribution is -3.11. The molecule has 0 saturated carbocycles. The van der Waals surface area contributed by atoms with Crippen molar-refractivity contribution in [1.29, 1.82) is 0 Å². The summed E-state index contributed by atoms with van der Waals surface area (Å²) in [6.45, 7) is 5.58. The van der Waals surface area contributed by atoms with E-state index >= 15 is 0 Å². The summed E-state index contributed by atoms with van der Waals surface area (Å²) in [4.78, 5) is 3.13. The van der Waals surface area contributed by atoms with Crippen LogP contribution in [0, 0.1) is 0 Å². The summed E-state index contributed by atoms with van der Waals surface area (Å²) in [5.74, 6) is 0. The Morgan fingerprint density at radius 2 is 1.96 bits per heavy atom. The van der Waals surface area contributed by atoms with Crippen molar-refractivity contribution < 1.29 is 4.90 Å². The zero-order valence-electron chi connectivity index (χ0n) is 14.2. The van der Waals surface area contributed by atoms with Crippen LogP contribution in [-0.2, 0) is 6.42 Å². The van der Waals surface area contributed by atoms with Gasteiger partial charge < -0.3 is 15.5 Å². The number of rotatable bonds is 6. The van der Waals surface area contributed by atoms with Crippen molar-refractivity contribution >= 4 is 34.4 Å². The first kappa shape index (κ1) is 17.4. The van der Waals surface area contributed by atoms with Gasteiger partial charge in [-0.05, 0) is 47.8 Å². The van der Waals surface area contributed by atoms with E-state index < -0.39 is 0 Å². The average Bonchev–Trinajstić information content (AvgIpc) is 3.30. The van der Waals surface area contributed by atoms with Crippen molar-refractivity contribution in [2.24, 2.45) is 0 Å². The molecule has 0 bridgehead atoms. The first-order chi connectivity index (χ1) is 11.8. The predicted molar refractivity (Wildman–Crippen MR) is 107 cm³/mol. The molecule has 1 fully saturated rings. The summed E-state index contributed by atoms with van der Waals surface area (Å²) < 4.78 is 0. The third kappa shape index (κ3) is 4.56. The number of nitrogens with one attached hydrogen (secondary N) is 3.